The minimum absolute atomic E-state index is 0.0990. The first-order chi connectivity index (χ1) is 19.7. The quantitative estimate of drug-likeness (QED) is 0.251. The van der Waals surface area contributed by atoms with Crippen LogP contribution in [0, 0.1) is 5.41 Å². The average Bonchev–Trinajstić information content (AvgIpc) is 2.98. The summed E-state index contributed by atoms with van der Waals surface area (Å²) in [7, 11) is 0. The second-order valence-electron chi connectivity index (χ2n) is 9.40. The van der Waals surface area contributed by atoms with Crippen LogP contribution in [0.4, 0.5) is 30.4 Å². The van der Waals surface area contributed by atoms with Gasteiger partial charge in [0.05, 0.1) is 12.1 Å². The van der Waals surface area contributed by atoms with E-state index in [1.54, 1.807) is 24.4 Å². The number of nitrogens with one attached hydrogen (secondary N) is 3. The number of piperazine rings is 1. The first kappa shape index (κ1) is 31.6. The van der Waals surface area contributed by atoms with Crippen molar-refractivity contribution >= 4 is 29.3 Å². The highest BCUT2D eigenvalue weighted by Crippen LogP contribution is 2.34. The van der Waals surface area contributed by atoms with E-state index < -0.39 is 17.6 Å². The number of likely N-dealkylation sites (N-methyl/N-ethyl adjacent to an activating group) is 1. The lowest BCUT2D eigenvalue weighted by Crippen LogP contribution is -2.45. The molecule has 2 aromatic carbocycles. The molecule has 0 aliphatic carbocycles. The van der Waals surface area contributed by atoms with E-state index in [-0.39, 0.29) is 30.2 Å². The predicted molar refractivity (Wildman–Crippen MR) is 159 cm³/mol. The summed E-state index contributed by atoms with van der Waals surface area (Å²) in [6, 6.07) is 13.0. The molecule has 5 N–H and O–H groups in total. The van der Waals surface area contributed by atoms with E-state index in [1.807, 2.05) is 30.9 Å². The normalized spacial score (nSPS) is 14.1. The fourth-order valence-electron chi connectivity index (χ4n) is 4.49. The number of aromatic nitrogens is 1. The number of nitrogen functional groups attached to an aromatic ring is 1. The van der Waals surface area contributed by atoms with E-state index in [1.165, 1.54) is 12.1 Å². The Morgan fingerprint density at radius 2 is 1.63 bits per heavy atom. The molecule has 1 aliphatic heterocycles. The fourth-order valence-corrected chi connectivity index (χ4v) is 4.49. The number of carbonyl (C=O) groups is 1. The van der Waals surface area contributed by atoms with Gasteiger partial charge in [0, 0.05) is 67.6 Å². The molecular formula is C30H38F3N7O. The van der Waals surface area contributed by atoms with Crippen LogP contribution in [0.1, 0.15) is 37.5 Å². The van der Waals surface area contributed by atoms with Crippen molar-refractivity contribution in [1.29, 1.82) is 5.41 Å². The largest absolute Gasteiger partial charge is 0.416 e. The molecule has 0 atom stereocenters. The third-order valence-corrected chi connectivity index (χ3v) is 6.78. The van der Waals surface area contributed by atoms with Crippen molar-refractivity contribution < 1.29 is 18.0 Å². The van der Waals surface area contributed by atoms with Crippen LogP contribution >= 0.6 is 0 Å². The van der Waals surface area contributed by atoms with Gasteiger partial charge < -0.3 is 26.7 Å². The first-order valence-electron chi connectivity index (χ1n) is 13.7. The minimum Gasteiger partial charge on any atom is -0.383 e. The number of hydrogen-bond acceptors (Lipinski definition) is 7. The molecule has 0 radical (unpaired) electrons. The van der Waals surface area contributed by atoms with Gasteiger partial charge in [-0.05, 0) is 48.0 Å². The molecule has 1 amide bonds. The van der Waals surface area contributed by atoms with Crippen LogP contribution in [-0.4, -0.2) is 66.2 Å². The van der Waals surface area contributed by atoms with Crippen molar-refractivity contribution in [3.63, 3.8) is 0 Å². The standard InChI is InChI=1S/C28H32F3N7O.C2H6/c1-2-37-9-11-38(12-10-37)18-20-5-8-24(14-25(20)28(29,30)31)36-26(39)17-34-23-6-3-19(4-7-23)22-13-21(15-32)27(33)35-16-22;1-2/h3-8,13-16,32,34H,2,9-12,17-18H2,1H3,(H2,33,35)(H,36,39);1-2H3. The number of anilines is 3. The second-order valence-corrected chi connectivity index (χ2v) is 9.40. The molecule has 11 heteroatoms. The maximum absolute atomic E-state index is 13.9. The highest BCUT2D eigenvalue weighted by atomic mass is 19.4. The summed E-state index contributed by atoms with van der Waals surface area (Å²) in [6.07, 6.45) is -1.77. The van der Waals surface area contributed by atoms with Crippen LogP contribution in [0.2, 0.25) is 0 Å². The van der Waals surface area contributed by atoms with E-state index in [0.717, 1.165) is 56.1 Å². The molecule has 0 saturated carbocycles. The smallest absolute Gasteiger partial charge is 0.383 e. The zero-order valence-electron chi connectivity index (χ0n) is 23.7. The number of pyridine rings is 1. The molecule has 3 aromatic rings. The summed E-state index contributed by atoms with van der Waals surface area (Å²) in [4.78, 5) is 20.9. The summed E-state index contributed by atoms with van der Waals surface area (Å²) in [5, 5.41) is 13.0. The van der Waals surface area contributed by atoms with Crippen molar-refractivity contribution in [3.8, 4) is 11.1 Å². The lowest BCUT2D eigenvalue weighted by Gasteiger charge is -2.34. The predicted octanol–water partition coefficient (Wildman–Crippen LogP) is 5.56. The number of halogens is 3. The first-order valence-corrected chi connectivity index (χ1v) is 13.7. The van der Waals surface area contributed by atoms with E-state index in [2.05, 4.69) is 27.4 Å². The zero-order chi connectivity index (χ0) is 30.0. The number of alkyl halides is 3. The van der Waals surface area contributed by atoms with E-state index >= 15 is 0 Å². The maximum atomic E-state index is 13.9. The van der Waals surface area contributed by atoms with Gasteiger partial charge in [-0.3, -0.25) is 9.69 Å². The highest BCUT2D eigenvalue weighted by Gasteiger charge is 2.34. The van der Waals surface area contributed by atoms with Gasteiger partial charge in [-0.1, -0.05) is 39.0 Å². The average molecular weight is 570 g/mol. The summed E-state index contributed by atoms with van der Waals surface area (Å²) in [6.45, 7) is 10.2. The number of carbonyl (C=O) groups excluding carboxylic acids is 1. The van der Waals surface area contributed by atoms with Crippen molar-refractivity contribution in [2.75, 3.05) is 55.6 Å². The van der Waals surface area contributed by atoms with Crippen LogP contribution < -0.4 is 16.4 Å². The molecule has 41 heavy (non-hydrogen) atoms. The van der Waals surface area contributed by atoms with Gasteiger partial charge in [-0.15, -0.1) is 0 Å². The van der Waals surface area contributed by atoms with Crippen LogP contribution in [0.3, 0.4) is 0 Å². The van der Waals surface area contributed by atoms with Gasteiger partial charge >= 0.3 is 6.18 Å². The Balaban J connectivity index is 0.00000226. The second kappa shape index (κ2) is 14.6. The van der Waals surface area contributed by atoms with Gasteiger partial charge in [-0.25, -0.2) is 4.98 Å². The summed E-state index contributed by atoms with van der Waals surface area (Å²) in [5.41, 5.74) is 8.14. The summed E-state index contributed by atoms with van der Waals surface area (Å²) < 4.78 is 41.6. The molecule has 1 aliphatic rings. The summed E-state index contributed by atoms with van der Waals surface area (Å²) >= 11 is 0. The number of nitrogens with two attached hydrogens (primary N) is 1. The number of amides is 1. The van der Waals surface area contributed by atoms with Gasteiger partial charge in [0.1, 0.15) is 5.82 Å². The minimum atomic E-state index is -4.53. The molecule has 220 valence electrons. The molecule has 1 saturated heterocycles. The Morgan fingerprint density at radius 1 is 1.00 bits per heavy atom. The Kier molecular flexibility index (Phi) is 11.2. The van der Waals surface area contributed by atoms with Crippen molar-refractivity contribution in [2.24, 2.45) is 0 Å². The van der Waals surface area contributed by atoms with Gasteiger partial charge in [-0.2, -0.15) is 13.2 Å². The SMILES string of the molecule is CC.CCN1CCN(Cc2ccc(NC(=O)CNc3ccc(-c4cnc(N)c(C=N)c4)cc3)cc2C(F)(F)F)CC1. The molecule has 4 rings (SSSR count). The van der Waals surface area contributed by atoms with Crippen molar-refractivity contribution in [3.05, 3.63) is 71.4 Å². The number of nitrogens with zero attached hydrogens (tertiary/aromatic N) is 3. The Labute approximate surface area is 239 Å². The third-order valence-electron chi connectivity index (χ3n) is 6.78. The highest BCUT2D eigenvalue weighted by molar-refractivity contribution is 5.94. The third kappa shape index (κ3) is 8.76. The monoisotopic (exact) mass is 569 g/mol. The Hall–Kier alpha value is -3.96. The molecule has 0 spiro atoms. The van der Waals surface area contributed by atoms with Crippen molar-refractivity contribution in [2.45, 2.75) is 33.5 Å². The van der Waals surface area contributed by atoms with Gasteiger partial charge in [0.15, 0.2) is 0 Å². The Morgan fingerprint density at radius 3 is 2.24 bits per heavy atom. The van der Waals surface area contributed by atoms with Gasteiger partial charge in [0.25, 0.3) is 0 Å². The van der Waals surface area contributed by atoms with Crippen LogP contribution in [0.15, 0.2) is 54.7 Å². The van der Waals surface area contributed by atoms with Crippen LogP contribution in [0.5, 0.6) is 0 Å². The molecule has 2 heterocycles. The number of hydrogen-bond donors (Lipinski definition) is 4. The molecule has 0 bridgehead atoms. The molecule has 1 aromatic heterocycles. The lowest BCUT2D eigenvalue weighted by atomic mass is 10.0. The summed E-state index contributed by atoms with van der Waals surface area (Å²) in [5.74, 6) is -0.186. The number of benzene rings is 2. The molecule has 8 nitrogen and oxygen atoms in total. The topological polar surface area (TPSA) is 110 Å². The van der Waals surface area contributed by atoms with E-state index in [0.29, 0.717) is 11.3 Å². The molecular weight excluding hydrogens is 531 g/mol. The molecule has 1 fully saturated rings. The van der Waals surface area contributed by atoms with Gasteiger partial charge in [0.2, 0.25) is 5.91 Å². The van der Waals surface area contributed by atoms with Crippen LogP contribution in [0.25, 0.3) is 11.1 Å². The van der Waals surface area contributed by atoms with Crippen LogP contribution in [-0.2, 0) is 17.5 Å². The lowest BCUT2D eigenvalue weighted by molar-refractivity contribution is -0.138. The molecule has 0 unspecified atom stereocenters. The fraction of sp³-hybridized carbons (Fsp3) is 0.367. The van der Waals surface area contributed by atoms with E-state index in [4.69, 9.17) is 11.1 Å². The maximum Gasteiger partial charge on any atom is 0.416 e. The zero-order valence-corrected chi connectivity index (χ0v) is 23.7. The number of rotatable bonds is 9. The van der Waals surface area contributed by atoms with E-state index in [9.17, 15) is 18.0 Å². The van der Waals surface area contributed by atoms with Crippen molar-refractivity contribution in [1.82, 2.24) is 14.8 Å². The Bertz CT molecular complexity index is 1300.